The molecule has 0 fully saturated rings. The van der Waals surface area contributed by atoms with Crippen LogP contribution in [0, 0.1) is 0 Å². The fourth-order valence-corrected chi connectivity index (χ4v) is 1.38. The Morgan fingerprint density at radius 2 is 1.87 bits per heavy atom. The van der Waals surface area contributed by atoms with Gasteiger partial charge >= 0.3 is 0 Å². The van der Waals surface area contributed by atoms with Gasteiger partial charge < -0.3 is 9.47 Å². The second-order valence-electron chi connectivity index (χ2n) is 3.14. The van der Waals surface area contributed by atoms with E-state index in [0.29, 0.717) is 11.5 Å². The predicted molar refractivity (Wildman–Crippen MR) is 58.8 cm³/mol. The van der Waals surface area contributed by atoms with Crippen molar-refractivity contribution in [2.75, 3.05) is 14.2 Å². The van der Waals surface area contributed by atoms with Gasteiger partial charge in [0, 0.05) is 0 Å². The highest BCUT2D eigenvalue weighted by Crippen LogP contribution is 2.31. The predicted octanol–water partition coefficient (Wildman–Crippen LogP) is 2.57. The van der Waals surface area contributed by atoms with Crippen molar-refractivity contribution in [3.63, 3.8) is 0 Å². The van der Waals surface area contributed by atoms with E-state index in [2.05, 4.69) is 0 Å². The molecule has 0 aromatic heterocycles. The molecule has 0 N–H and O–H groups in total. The number of hydrogen-bond donors (Lipinski definition) is 0. The third-order valence-corrected chi connectivity index (χ3v) is 2.58. The van der Waals surface area contributed by atoms with Gasteiger partial charge in [0.15, 0.2) is 11.5 Å². The molecule has 3 nitrogen and oxygen atoms in total. The van der Waals surface area contributed by atoms with Crippen LogP contribution in [0.3, 0.4) is 0 Å². The maximum Gasteiger partial charge on any atom is 0.228 e. The molecule has 0 saturated heterocycles. The van der Waals surface area contributed by atoms with Gasteiger partial charge in [-0.3, -0.25) is 4.79 Å². The first-order chi connectivity index (χ1) is 7.10. The molecule has 1 aromatic carbocycles. The molecular formula is C11H13ClO3. The maximum absolute atomic E-state index is 11.0. The first-order valence-corrected chi connectivity index (χ1v) is 4.89. The Bertz CT molecular complexity index is 363. The highest BCUT2D eigenvalue weighted by Gasteiger charge is 2.14. The Kier molecular flexibility index (Phi) is 3.97. The van der Waals surface area contributed by atoms with Gasteiger partial charge in [0.05, 0.1) is 20.1 Å². The summed E-state index contributed by atoms with van der Waals surface area (Å²) >= 11 is 5.42. The molecule has 1 atom stereocenters. The minimum atomic E-state index is -0.387. The second kappa shape index (κ2) is 5.03. The van der Waals surface area contributed by atoms with E-state index in [1.165, 1.54) is 0 Å². The summed E-state index contributed by atoms with van der Waals surface area (Å²) in [4.78, 5) is 11.0. The van der Waals surface area contributed by atoms with Crippen LogP contribution >= 0.6 is 11.6 Å². The van der Waals surface area contributed by atoms with Crippen LogP contribution in [-0.2, 0) is 4.79 Å². The lowest BCUT2D eigenvalue weighted by molar-refractivity contribution is -0.112. The third kappa shape index (κ3) is 2.63. The average Bonchev–Trinajstić information content (AvgIpc) is 2.26. The Balaban J connectivity index is 3.07. The van der Waals surface area contributed by atoms with E-state index in [1.54, 1.807) is 39.3 Å². The number of rotatable bonds is 4. The van der Waals surface area contributed by atoms with Crippen LogP contribution in [0.4, 0.5) is 0 Å². The molecule has 1 rings (SSSR count). The van der Waals surface area contributed by atoms with Gasteiger partial charge in [0.2, 0.25) is 5.24 Å². The van der Waals surface area contributed by atoms with E-state index in [1.807, 2.05) is 0 Å². The van der Waals surface area contributed by atoms with Crippen LogP contribution in [0.2, 0.25) is 0 Å². The van der Waals surface area contributed by atoms with Crippen molar-refractivity contribution < 1.29 is 14.3 Å². The lowest BCUT2D eigenvalue weighted by atomic mass is 10.0. The number of methoxy groups -OCH3 is 2. The van der Waals surface area contributed by atoms with Crippen molar-refractivity contribution in [1.29, 1.82) is 0 Å². The Morgan fingerprint density at radius 3 is 2.33 bits per heavy atom. The molecule has 1 aromatic rings. The number of carbonyl (C=O) groups excluding carboxylic acids is 1. The molecule has 15 heavy (non-hydrogen) atoms. The van der Waals surface area contributed by atoms with Crippen molar-refractivity contribution in [1.82, 2.24) is 0 Å². The number of carbonyl (C=O) groups is 1. The molecule has 0 saturated carbocycles. The zero-order chi connectivity index (χ0) is 11.4. The van der Waals surface area contributed by atoms with E-state index >= 15 is 0 Å². The summed E-state index contributed by atoms with van der Waals surface area (Å²) < 4.78 is 10.2. The molecular weight excluding hydrogens is 216 g/mol. The highest BCUT2D eigenvalue weighted by atomic mass is 35.5. The van der Waals surface area contributed by atoms with Crippen LogP contribution in [0.5, 0.6) is 11.5 Å². The van der Waals surface area contributed by atoms with Gasteiger partial charge in [-0.1, -0.05) is 13.0 Å². The quantitative estimate of drug-likeness (QED) is 0.743. The topological polar surface area (TPSA) is 35.5 Å². The number of benzene rings is 1. The van der Waals surface area contributed by atoms with Gasteiger partial charge in [0.1, 0.15) is 0 Å². The normalized spacial score (nSPS) is 12.0. The van der Waals surface area contributed by atoms with Gasteiger partial charge in [-0.2, -0.15) is 0 Å². The van der Waals surface area contributed by atoms with E-state index in [9.17, 15) is 4.79 Å². The molecule has 0 aliphatic heterocycles. The Hall–Kier alpha value is -1.22. The van der Waals surface area contributed by atoms with E-state index < -0.39 is 0 Å². The largest absolute Gasteiger partial charge is 0.493 e. The van der Waals surface area contributed by atoms with Crippen LogP contribution in [0.25, 0.3) is 0 Å². The Labute approximate surface area is 93.9 Å². The van der Waals surface area contributed by atoms with E-state index in [4.69, 9.17) is 21.1 Å². The summed E-state index contributed by atoms with van der Waals surface area (Å²) in [5.41, 5.74) is 0.813. The zero-order valence-corrected chi connectivity index (χ0v) is 9.67. The highest BCUT2D eigenvalue weighted by molar-refractivity contribution is 6.64. The summed E-state index contributed by atoms with van der Waals surface area (Å²) in [5.74, 6) is 0.890. The molecule has 0 heterocycles. The lowest BCUT2D eigenvalue weighted by Crippen LogP contribution is -2.02. The van der Waals surface area contributed by atoms with Gasteiger partial charge in [0.25, 0.3) is 0 Å². The van der Waals surface area contributed by atoms with Crippen LogP contribution < -0.4 is 9.47 Å². The fourth-order valence-electron chi connectivity index (χ4n) is 1.25. The minimum Gasteiger partial charge on any atom is -0.493 e. The monoisotopic (exact) mass is 228 g/mol. The first kappa shape index (κ1) is 11.9. The van der Waals surface area contributed by atoms with Crippen LogP contribution in [0.15, 0.2) is 18.2 Å². The Morgan fingerprint density at radius 1 is 1.27 bits per heavy atom. The van der Waals surface area contributed by atoms with Gasteiger partial charge in [-0.15, -0.1) is 0 Å². The molecule has 0 aliphatic rings. The van der Waals surface area contributed by atoms with Crippen molar-refractivity contribution in [2.24, 2.45) is 0 Å². The summed E-state index contributed by atoms with van der Waals surface area (Å²) in [6.45, 7) is 1.75. The molecule has 0 radical (unpaired) electrons. The van der Waals surface area contributed by atoms with Gasteiger partial charge in [-0.05, 0) is 29.3 Å². The van der Waals surface area contributed by atoms with Crippen molar-refractivity contribution >= 4 is 16.8 Å². The van der Waals surface area contributed by atoms with Crippen LogP contribution in [-0.4, -0.2) is 19.5 Å². The molecule has 82 valence electrons. The summed E-state index contributed by atoms with van der Waals surface area (Å²) in [6, 6.07) is 5.31. The smallest absolute Gasteiger partial charge is 0.228 e. The molecule has 0 spiro atoms. The van der Waals surface area contributed by atoms with Crippen molar-refractivity contribution in [3.8, 4) is 11.5 Å². The SMILES string of the molecule is COc1ccc(C(C)C(=O)Cl)cc1OC. The van der Waals surface area contributed by atoms with E-state index in [-0.39, 0.29) is 11.2 Å². The fraction of sp³-hybridized carbons (Fsp3) is 0.364. The summed E-state index contributed by atoms with van der Waals surface area (Å²) in [6.07, 6.45) is 0. The molecule has 0 aliphatic carbocycles. The molecule has 0 bridgehead atoms. The number of ether oxygens (including phenoxy) is 2. The van der Waals surface area contributed by atoms with Crippen molar-refractivity contribution in [2.45, 2.75) is 12.8 Å². The standard InChI is InChI=1S/C11H13ClO3/c1-7(11(12)13)8-4-5-9(14-2)10(6-8)15-3/h4-7H,1-3H3. The van der Waals surface area contributed by atoms with E-state index in [0.717, 1.165) is 5.56 Å². The second-order valence-corrected chi connectivity index (χ2v) is 3.51. The average molecular weight is 229 g/mol. The lowest BCUT2D eigenvalue weighted by Gasteiger charge is -2.11. The molecule has 1 unspecified atom stereocenters. The third-order valence-electron chi connectivity index (χ3n) is 2.25. The van der Waals surface area contributed by atoms with Crippen LogP contribution in [0.1, 0.15) is 18.4 Å². The maximum atomic E-state index is 11.0. The zero-order valence-electron chi connectivity index (χ0n) is 8.91. The summed E-state index contributed by atoms with van der Waals surface area (Å²) in [7, 11) is 3.11. The number of hydrogen-bond acceptors (Lipinski definition) is 3. The summed E-state index contributed by atoms with van der Waals surface area (Å²) in [5, 5.41) is -0.387. The molecule has 4 heteroatoms. The first-order valence-electron chi connectivity index (χ1n) is 4.51. The minimum absolute atomic E-state index is 0.341. The molecule has 0 amide bonds. The van der Waals surface area contributed by atoms with Crippen molar-refractivity contribution in [3.05, 3.63) is 23.8 Å². The van der Waals surface area contributed by atoms with Gasteiger partial charge in [-0.25, -0.2) is 0 Å². The number of halogens is 1.